The number of carbonyl (C=O) groups is 1. The van der Waals surface area contributed by atoms with Gasteiger partial charge in [-0.15, -0.1) is 0 Å². The zero-order valence-electron chi connectivity index (χ0n) is 13.2. The molecule has 0 aliphatic heterocycles. The smallest absolute Gasteiger partial charge is 0.166 e. The van der Waals surface area contributed by atoms with Gasteiger partial charge < -0.3 is 10.2 Å². The minimum Gasteiger partial charge on any atom is -0.469 e. The molecule has 0 atom stereocenters. The fourth-order valence-electron chi connectivity index (χ4n) is 2.06. The molecule has 1 aromatic heterocycles. The number of furan rings is 1. The maximum Gasteiger partial charge on any atom is 0.166 e. The first-order valence-electron chi connectivity index (χ1n) is 7.34. The Labute approximate surface area is 127 Å². The molecule has 3 nitrogen and oxygen atoms in total. The van der Waals surface area contributed by atoms with Gasteiger partial charge in [0, 0.05) is 12.1 Å². The molecular formula is C17H24BNO2. The van der Waals surface area contributed by atoms with Crippen molar-refractivity contribution < 1.29 is 9.21 Å². The SMILES string of the molecule is C=C(C)/C(BCc1occc1C(=O)CCC)=C\C=C(/C)N. The van der Waals surface area contributed by atoms with Crippen molar-refractivity contribution in [1.29, 1.82) is 0 Å². The van der Waals surface area contributed by atoms with Crippen LogP contribution in [0.2, 0.25) is 0 Å². The van der Waals surface area contributed by atoms with Crippen LogP contribution in [-0.4, -0.2) is 13.1 Å². The quantitative estimate of drug-likeness (QED) is 0.451. The van der Waals surface area contributed by atoms with E-state index in [9.17, 15) is 4.79 Å². The maximum atomic E-state index is 12.0. The minimum atomic E-state index is 0.153. The van der Waals surface area contributed by atoms with Crippen LogP contribution < -0.4 is 5.73 Å². The molecule has 1 aromatic rings. The van der Waals surface area contributed by atoms with E-state index < -0.39 is 0 Å². The first kappa shape index (κ1) is 17.1. The second-order valence-corrected chi connectivity index (χ2v) is 5.31. The van der Waals surface area contributed by atoms with Gasteiger partial charge in [0.15, 0.2) is 13.1 Å². The second kappa shape index (κ2) is 8.35. The van der Waals surface area contributed by atoms with E-state index in [1.165, 1.54) is 0 Å². The lowest BCUT2D eigenvalue weighted by molar-refractivity contribution is 0.0980. The molecule has 0 bridgehead atoms. The summed E-state index contributed by atoms with van der Waals surface area (Å²) in [6.07, 6.45) is 7.54. The van der Waals surface area contributed by atoms with Crippen molar-refractivity contribution >= 4 is 13.1 Å². The van der Waals surface area contributed by atoms with Gasteiger partial charge in [-0.2, -0.15) is 0 Å². The van der Waals surface area contributed by atoms with Gasteiger partial charge in [-0.05, 0) is 38.7 Å². The Balaban J connectivity index is 2.80. The largest absolute Gasteiger partial charge is 0.469 e. The molecular weight excluding hydrogens is 261 g/mol. The second-order valence-electron chi connectivity index (χ2n) is 5.31. The summed E-state index contributed by atoms with van der Waals surface area (Å²) in [5, 5.41) is 0. The number of hydrogen-bond acceptors (Lipinski definition) is 3. The number of ketones is 1. The highest BCUT2D eigenvalue weighted by Gasteiger charge is 2.14. The summed E-state index contributed by atoms with van der Waals surface area (Å²) in [4.78, 5) is 12.0. The predicted octanol–water partition coefficient (Wildman–Crippen LogP) is 3.52. The Morgan fingerprint density at radius 3 is 2.71 bits per heavy atom. The molecule has 112 valence electrons. The van der Waals surface area contributed by atoms with Crippen molar-refractivity contribution in [2.45, 2.75) is 39.9 Å². The molecule has 0 aliphatic rings. The van der Waals surface area contributed by atoms with E-state index in [0.29, 0.717) is 18.3 Å². The van der Waals surface area contributed by atoms with Crippen LogP contribution in [0, 0.1) is 0 Å². The monoisotopic (exact) mass is 285 g/mol. The van der Waals surface area contributed by atoms with Crippen molar-refractivity contribution in [3.63, 3.8) is 0 Å². The van der Waals surface area contributed by atoms with Crippen LogP contribution in [0.3, 0.4) is 0 Å². The van der Waals surface area contributed by atoms with Gasteiger partial charge in [0.05, 0.1) is 11.8 Å². The van der Waals surface area contributed by atoms with E-state index in [-0.39, 0.29) is 5.78 Å². The average molecular weight is 285 g/mol. The number of rotatable bonds is 8. The molecule has 0 saturated heterocycles. The molecule has 0 aliphatic carbocycles. The fourth-order valence-corrected chi connectivity index (χ4v) is 2.06. The highest BCUT2D eigenvalue weighted by molar-refractivity contribution is 6.46. The first-order chi connectivity index (χ1) is 9.95. The molecule has 0 spiro atoms. The van der Waals surface area contributed by atoms with Gasteiger partial charge in [0.25, 0.3) is 0 Å². The van der Waals surface area contributed by atoms with Crippen LogP contribution in [-0.2, 0) is 6.32 Å². The summed E-state index contributed by atoms with van der Waals surface area (Å²) in [5.74, 6) is 0.911. The lowest BCUT2D eigenvalue weighted by atomic mass is 9.63. The van der Waals surface area contributed by atoms with Crippen LogP contribution in [0.15, 0.2) is 52.2 Å². The lowest BCUT2D eigenvalue weighted by Gasteiger charge is -2.05. The molecule has 1 heterocycles. The molecule has 0 aromatic carbocycles. The van der Waals surface area contributed by atoms with Crippen LogP contribution >= 0.6 is 0 Å². The summed E-state index contributed by atoms with van der Waals surface area (Å²) in [6, 6.07) is 1.77. The third kappa shape index (κ3) is 5.50. The molecule has 1 rings (SSSR count). The highest BCUT2D eigenvalue weighted by atomic mass is 16.3. The molecule has 0 amide bonds. The summed E-state index contributed by atoms with van der Waals surface area (Å²) < 4.78 is 5.47. The van der Waals surface area contributed by atoms with Crippen LogP contribution in [0.25, 0.3) is 0 Å². The third-order valence-electron chi connectivity index (χ3n) is 3.24. The number of hydrogen-bond donors (Lipinski definition) is 1. The average Bonchev–Trinajstić information content (AvgIpc) is 2.86. The Kier molecular flexibility index (Phi) is 6.79. The molecule has 21 heavy (non-hydrogen) atoms. The van der Waals surface area contributed by atoms with E-state index in [1.807, 2.05) is 32.9 Å². The maximum absolute atomic E-state index is 12.0. The number of Topliss-reactive ketones (excluding diaryl/α,β-unsaturated/α-hetero) is 1. The number of nitrogens with two attached hydrogens (primary N) is 1. The Morgan fingerprint density at radius 2 is 2.14 bits per heavy atom. The first-order valence-corrected chi connectivity index (χ1v) is 7.34. The third-order valence-corrected chi connectivity index (χ3v) is 3.24. The standard InChI is InChI=1S/C17H24BNO2/c1-5-6-16(20)14-9-10-21-17(14)11-18-15(12(2)3)8-7-13(4)19/h7-10,18H,2,5-6,11,19H2,1,3-4H3/b13-7+,15-8+. The molecule has 2 N–H and O–H groups in total. The van der Waals surface area contributed by atoms with Crippen molar-refractivity contribution in [3.8, 4) is 0 Å². The van der Waals surface area contributed by atoms with Gasteiger partial charge in [-0.1, -0.05) is 30.6 Å². The number of carbonyl (C=O) groups excluding carboxylic acids is 1. The van der Waals surface area contributed by atoms with Gasteiger partial charge in [0.2, 0.25) is 0 Å². The lowest BCUT2D eigenvalue weighted by Crippen LogP contribution is -2.07. The minimum absolute atomic E-state index is 0.153. The topological polar surface area (TPSA) is 56.2 Å². The molecule has 0 unspecified atom stereocenters. The zero-order chi connectivity index (χ0) is 15.8. The summed E-state index contributed by atoms with van der Waals surface area (Å²) in [7, 11) is 0.777. The summed E-state index contributed by atoms with van der Waals surface area (Å²) >= 11 is 0. The Morgan fingerprint density at radius 1 is 1.43 bits per heavy atom. The van der Waals surface area contributed by atoms with Crippen LogP contribution in [0.1, 0.15) is 49.7 Å². The van der Waals surface area contributed by atoms with Gasteiger partial charge >= 0.3 is 0 Å². The highest BCUT2D eigenvalue weighted by Crippen LogP contribution is 2.16. The van der Waals surface area contributed by atoms with E-state index in [1.54, 1.807) is 12.3 Å². The zero-order valence-corrected chi connectivity index (χ0v) is 13.2. The molecule has 0 radical (unpaired) electrons. The van der Waals surface area contributed by atoms with Crippen molar-refractivity contribution in [3.05, 3.63) is 59.1 Å². The van der Waals surface area contributed by atoms with E-state index >= 15 is 0 Å². The summed E-state index contributed by atoms with van der Waals surface area (Å²) in [5.41, 5.74) is 9.24. The van der Waals surface area contributed by atoms with Crippen LogP contribution in [0.5, 0.6) is 0 Å². The fraction of sp³-hybridized carbons (Fsp3) is 0.353. The van der Waals surface area contributed by atoms with Gasteiger partial charge in [-0.3, -0.25) is 4.79 Å². The molecule has 0 fully saturated rings. The van der Waals surface area contributed by atoms with Crippen molar-refractivity contribution in [1.82, 2.24) is 0 Å². The number of allylic oxidation sites excluding steroid dienone is 5. The van der Waals surface area contributed by atoms with Crippen LogP contribution in [0.4, 0.5) is 0 Å². The van der Waals surface area contributed by atoms with E-state index in [0.717, 1.165) is 36.2 Å². The Bertz CT molecular complexity index is 563. The normalized spacial score (nSPS) is 12.3. The molecule has 4 heteroatoms. The summed E-state index contributed by atoms with van der Waals surface area (Å²) in [6.45, 7) is 9.80. The van der Waals surface area contributed by atoms with E-state index in [2.05, 4.69) is 6.58 Å². The van der Waals surface area contributed by atoms with Crippen molar-refractivity contribution in [2.24, 2.45) is 5.73 Å². The van der Waals surface area contributed by atoms with Gasteiger partial charge in [0.1, 0.15) is 5.76 Å². The predicted molar refractivity (Wildman–Crippen MR) is 89.6 cm³/mol. The van der Waals surface area contributed by atoms with Crippen molar-refractivity contribution in [2.75, 3.05) is 0 Å². The van der Waals surface area contributed by atoms with E-state index in [4.69, 9.17) is 10.2 Å². The van der Waals surface area contributed by atoms with Gasteiger partial charge in [-0.25, -0.2) is 0 Å². The molecule has 0 saturated carbocycles. The Hall–Kier alpha value is -1.97.